The fourth-order valence-corrected chi connectivity index (χ4v) is 5.56. The Morgan fingerprint density at radius 2 is 1.86 bits per heavy atom. The maximum atomic E-state index is 13.0. The van der Waals surface area contributed by atoms with Crippen molar-refractivity contribution in [3.05, 3.63) is 65.4 Å². The van der Waals surface area contributed by atoms with Gasteiger partial charge in [-0.05, 0) is 56.5 Å². The summed E-state index contributed by atoms with van der Waals surface area (Å²) in [5, 5.41) is 8.84. The summed E-state index contributed by atoms with van der Waals surface area (Å²) in [6, 6.07) is 16.7. The van der Waals surface area contributed by atoms with E-state index >= 15 is 0 Å². The van der Waals surface area contributed by atoms with Gasteiger partial charge in [-0.2, -0.15) is 10.1 Å². The van der Waals surface area contributed by atoms with Crippen molar-refractivity contribution in [3.8, 4) is 5.69 Å². The van der Waals surface area contributed by atoms with Crippen LogP contribution in [0.5, 0.6) is 0 Å². The summed E-state index contributed by atoms with van der Waals surface area (Å²) in [7, 11) is 4.05. The number of amides is 1. The molecule has 0 radical (unpaired) electrons. The van der Waals surface area contributed by atoms with Crippen molar-refractivity contribution >= 4 is 38.4 Å². The summed E-state index contributed by atoms with van der Waals surface area (Å²) in [5.41, 5.74) is 6.37. The fourth-order valence-electron chi connectivity index (χ4n) is 4.53. The van der Waals surface area contributed by atoms with E-state index < -0.39 is 0 Å². The summed E-state index contributed by atoms with van der Waals surface area (Å²) < 4.78 is 3.04. The molecule has 1 N–H and O–H groups in total. The zero-order valence-electron chi connectivity index (χ0n) is 20.8. The first-order valence-electron chi connectivity index (χ1n) is 12.1. The van der Waals surface area contributed by atoms with Crippen molar-refractivity contribution in [2.24, 2.45) is 5.92 Å². The second kappa shape index (κ2) is 9.70. The van der Waals surface area contributed by atoms with E-state index in [9.17, 15) is 4.79 Å². The van der Waals surface area contributed by atoms with E-state index in [1.807, 2.05) is 25.7 Å². The molecule has 4 aromatic rings. The van der Waals surface area contributed by atoms with Crippen LogP contribution >= 0.6 is 11.3 Å². The minimum Gasteiger partial charge on any atom is -0.378 e. The number of carbonyl (C=O) groups excluding carboxylic acids is 1. The maximum absolute atomic E-state index is 13.0. The van der Waals surface area contributed by atoms with Crippen LogP contribution in [0, 0.1) is 19.8 Å². The third kappa shape index (κ3) is 4.89. The van der Waals surface area contributed by atoms with Crippen LogP contribution in [0.3, 0.4) is 0 Å². The molecule has 8 heteroatoms. The van der Waals surface area contributed by atoms with Crippen LogP contribution in [0.4, 0.5) is 10.8 Å². The quantitative estimate of drug-likeness (QED) is 0.426. The van der Waals surface area contributed by atoms with Crippen LogP contribution < -0.4 is 15.1 Å². The number of carbonyl (C=O) groups is 1. The molecule has 0 aliphatic carbocycles. The molecule has 0 unspecified atom stereocenters. The Bertz CT molecular complexity index is 1320. The summed E-state index contributed by atoms with van der Waals surface area (Å²) in [6.07, 6.45) is 1.89. The number of fused-ring (bicyclic) bond motifs is 1. The highest BCUT2D eigenvalue weighted by Gasteiger charge is 2.28. The number of anilines is 2. The van der Waals surface area contributed by atoms with Crippen molar-refractivity contribution in [2.75, 3.05) is 37.0 Å². The highest BCUT2D eigenvalue weighted by atomic mass is 32.1. The predicted octanol–water partition coefficient (Wildman–Crippen LogP) is 4.70. The van der Waals surface area contributed by atoms with E-state index in [1.54, 1.807) is 11.3 Å². The highest BCUT2D eigenvalue weighted by molar-refractivity contribution is 7.22. The third-order valence-corrected chi connectivity index (χ3v) is 7.85. The number of nitrogens with one attached hydrogen (secondary N) is 1. The van der Waals surface area contributed by atoms with Crippen LogP contribution in [0.2, 0.25) is 0 Å². The highest BCUT2D eigenvalue weighted by Crippen LogP contribution is 2.34. The molecule has 1 fully saturated rings. The number of hydrogen-bond acceptors (Lipinski definition) is 6. The number of hydrogen-bond donors (Lipinski definition) is 1. The van der Waals surface area contributed by atoms with Gasteiger partial charge in [-0.15, -0.1) is 0 Å². The molecule has 5 rings (SSSR count). The van der Waals surface area contributed by atoms with Gasteiger partial charge in [0.05, 0.1) is 22.0 Å². The standard InChI is InChI=1S/C27H32N6OS/c1-18-7-11-23(12-8-18)33-25-24(19(2)30-33)35-27(29-25)32-15-5-6-21(17-32)26(34)28-16-20-9-13-22(14-10-20)31(3)4/h7-14,21H,5-6,15-17H2,1-4H3,(H,28,34)/t21-/m0/s1. The van der Waals surface area contributed by atoms with Gasteiger partial charge >= 0.3 is 0 Å². The Balaban J connectivity index is 1.27. The Kier molecular flexibility index (Phi) is 6.47. The maximum Gasteiger partial charge on any atom is 0.225 e. The molecule has 7 nitrogen and oxygen atoms in total. The Morgan fingerprint density at radius 3 is 2.57 bits per heavy atom. The van der Waals surface area contributed by atoms with Crippen LogP contribution in [-0.2, 0) is 11.3 Å². The molecular weight excluding hydrogens is 456 g/mol. The minimum absolute atomic E-state index is 0.0356. The number of rotatable bonds is 6. The lowest BCUT2D eigenvalue weighted by Gasteiger charge is -2.31. The number of nitrogens with zero attached hydrogens (tertiary/aromatic N) is 5. The van der Waals surface area contributed by atoms with Crippen molar-refractivity contribution in [2.45, 2.75) is 33.2 Å². The van der Waals surface area contributed by atoms with Gasteiger partial charge in [0.1, 0.15) is 0 Å². The van der Waals surface area contributed by atoms with Crippen molar-refractivity contribution in [3.63, 3.8) is 0 Å². The first-order valence-corrected chi connectivity index (χ1v) is 12.9. The molecule has 1 amide bonds. The Morgan fingerprint density at radius 1 is 1.11 bits per heavy atom. The molecule has 1 saturated heterocycles. The number of thiazole rings is 1. The topological polar surface area (TPSA) is 66.3 Å². The zero-order valence-corrected chi connectivity index (χ0v) is 21.6. The monoisotopic (exact) mass is 488 g/mol. The molecule has 35 heavy (non-hydrogen) atoms. The number of aromatic nitrogens is 3. The van der Waals surface area contributed by atoms with E-state index in [2.05, 4.69) is 70.6 Å². The van der Waals surface area contributed by atoms with Gasteiger partial charge in [0.15, 0.2) is 10.8 Å². The second-order valence-electron chi connectivity index (χ2n) is 9.55. The summed E-state index contributed by atoms with van der Waals surface area (Å²) in [5.74, 6) is 0.0843. The Labute approximate surface area is 210 Å². The normalized spacial score (nSPS) is 16.0. The van der Waals surface area contributed by atoms with Gasteiger partial charge in [-0.3, -0.25) is 4.79 Å². The molecule has 1 atom stereocenters. The molecule has 0 bridgehead atoms. The number of aryl methyl sites for hydroxylation is 2. The van der Waals surface area contributed by atoms with Crippen LogP contribution in [0.1, 0.15) is 29.7 Å². The second-order valence-corrected chi connectivity index (χ2v) is 10.5. The molecule has 3 heterocycles. The lowest BCUT2D eigenvalue weighted by atomic mass is 9.97. The van der Waals surface area contributed by atoms with Crippen LogP contribution in [0.15, 0.2) is 48.5 Å². The predicted molar refractivity (Wildman–Crippen MR) is 144 cm³/mol. The molecule has 1 aliphatic heterocycles. The summed E-state index contributed by atoms with van der Waals surface area (Å²) in [6.45, 7) is 6.28. The van der Waals surface area contributed by atoms with Gasteiger partial charge in [0.2, 0.25) is 5.91 Å². The van der Waals surface area contributed by atoms with Gasteiger partial charge in [0.25, 0.3) is 0 Å². The summed E-state index contributed by atoms with van der Waals surface area (Å²) in [4.78, 5) is 22.3. The Hall–Kier alpha value is -3.39. The number of piperidine rings is 1. The molecule has 2 aromatic heterocycles. The largest absolute Gasteiger partial charge is 0.378 e. The van der Waals surface area contributed by atoms with Gasteiger partial charge in [-0.1, -0.05) is 41.2 Å². The first kappa shape index (κ1) is 23.4. The van der Waals surface area contributed by atoms with Crippen LogP contribution in [0.25, 0.3) is 16.0 Å². The third-order valence-electron chi connectivity index (χ3n) is 6.64. The fraction of sp³-hybridized carbons (Fsp3) is 0.370. The lowest BCUT2D eigenvalue weighted by Crippen LogP contribution is -2.43. The number of benzene rings is 2. The summed E-state index contributed by atoms with van der Waals surface area (Å²) >= 11 is 1.67. The van der Waals surface area contributed by atoms with Crippen molar-refractivity contribution in [1.82, 2.24) is 20.1 Å². The van der Waals surface area contributed by atoms with Crippen molar-refractivity contribution in [1.29, 1.82) is 0 Å². The van der Waals surface area contributed by atoms with E-state index in [4.69, 9.17) is 10.1 Å². The van der Waals surface area contributed by atoms with E-state index in [1.165, 1.54) is 5.56 Å². The molecule has 182 valence electrons. The van der Waals surface area contributed by atoms with Crippen molar-refractivity contribution < 1.29 is 4.79 Å². The molecule has 1 aliphatic rings. The molecule has 0 spiro atoms. The molecule has 2 aromatic carbocycles. The van der Waals surface area contributed by atoms with E-state index in [0.717, 1.165) is 57.5 Å². The smallest absolute Gasteiger partial charge is 0.225 e. The average Bonchev–Trinajstić information content (AvgIpc) is 3.44. The van der Waals surface area contributed by atoms with Gasteiger partial charge in [0, 0.05) is 39.4 Å². The van der Waals surface area contributed by atoms with E-state index in [-0.39, 0.29) is 11.8 Å². The average molecular weight is 489 g/mol. The molecular formula is C27H32N6OS. The lowest BCUT2D eigenvalue weighted by molar-refractivity contribution is -0.125. The van der Waals surface area contributed by atoms with E-state index in [0.29, 0.717) is 13.1 Å². The van der Waals surface area contributed by atoms with Crippen LogP contribution in [-0.4, -0.2) is 47.9 Å². The minimum atomic E-state index is -0.0356. The molecule has 0 saturated carbocycles. The van der Waals surface area contributed by atoms with Gasteiger partial charge < -0.3 is 15.1 Å². The SMILES string of the molecule is Cc1ccc(-n2nc(C)c3sc(N4CCC[C@H](C(=O)NCc5ccc(N(C)C)cc5)C4)nc32)cc1. The zero-order chi connectivity index (χ0) is 24.5. The van der Waals surface area contributed by atoms with Gasteiger partial charge in [-0.25, -0.2) is 4.68 Å². The first-order chi connectivity index (χ1) is 16.9.